The molecule has 1 atom stereocenters. The lowest BCUT2D eigenvalue weighted by Crippen LogP contribution is -2.50. The van der Waals surface area contributed by atoms with Crippen LogP contribution >= 0.6 is 0 Å². The summed E-state index contributed by atoms with van der Waals surface area (Å²) in [5.74, 6) is -0.305. The van der Waals surface area contributed by atoms with E-state index in [2.05, 4.69) is 26.5 Å². The zero-order valence-corrected chi connectivity index (χ0v) is 14.1. The summed E-state index contributed by atoms with van der Waals surface area (Å²) in [5, 5.41) is 14.0. The average molecular weight is 329 g/mol. The highest BCUT2D eigenvalue weighted by atomic mass is 16.2. The second-order valence-corrected chi connectivity index (χ2v) is 5.75. The second kappa shape index (κ2) is 8.31. The number of anilines is 1. The number of carbonyl (C=O) groups excluding carboxylic acids is 2. The minimum absolute atomic E-state index is 0.305. The molecular weight excluding hydrogens is 306 g/mol. The Bertz CT molecular complexity index is 640. The summed E-state index contributed by atoms with van der Waals surface area (Å²) in [4.78, 5) is 27.6. The molecule has 1 aliphatic heterocycles. The van der Waals surface area contributed by atoms with E-state index in [0.29, 0.717) is 12.1 Å². The third-order valence-electron chi connectivity index (χ3n) is 4.29. The minimum Gasteiger partial charge on any atom is -0.369 e. The van der Waals surface area contributed by atoms with E-state index in [1.807, 2.05) is 24.3 Å². The van der Waals surface area contributed by atoms with E-state index < -0.39 is 6.03 Å². The summed E-state index contributed by atoms with van der Waals surface area (Å²) >= 11 is 0. The van der Waals surface area contributed by atoms with Gasteiger partial charge in [-0.25, -0.2) is 4.79 Å². The number of para-hydroxylation sites is 1. The van der Waals surface area contributed by atoms with Crippen molar-refractivity contribution in [1.82, 2.24) is 15.5 Å². The molecule has 1 aromatic carbocycles. The smallest absolute Gasteiger partial charge is 0.321 e. The fraction of sp³-hybridized carbons (Fsp3) is 0.471. The van der Waals surface area contributed by atoms with Crippen LogP contribution in [0.1, 0.15) is 18.9 Å². The van der Waals surface area contributed by atoms with E-state index in [4.69, 9.17) is 0 Å². The maximum Gasteiger partial charge on any atom is 0.321 e. The van der Waals surface area contributed by atoms with Crippen molar-refractivity contribution in [2.24, 2.45) is 0 Å². The fourth-order valence-corrected chi connectivity index (χ4v) is 2.85. The van der Waals surface area contributed by atoms with Crippen molar-refractivity contribution in [3.05, 3.63) is 29.8 Å². The zero-order valence-electron chi connectivity index (χ0n) is 14.1. The van der Waals surface area contributed by atoms with Crippen LogP contribution < -0.4 is 15.5 Å². The quantitative estimate of drug-likeness (QED) is 0.861. The summed E-state index contributed by atoms with van der Waals surface area (Å²) in [7, 11) is 1.48. The Hall–Kier alpha value is -2.59. The number of amides is 3. The maximum absolute atomic E-state index is 12.1. The van der Waals surface area contributed by atoms with E-state index in [-0.39, 0.29) is 11.9 Å². The van der Waals surface area contributed by atoms with E-state index >= 15 is 0 Å². The Balaban J connectivity index is 2.01. The predicted molar refractivity (Wildman–Crippen MR) is 91.6 cm³/mol. The lowest BCUT2D eigenvalue weighted by atomic mass is 10.1. The van der Waals surface area contributed by atoms with Gasteiger partial charge in [0.15, 0.2) is 0 Å². The molecule has 1 aromatic rings. The SMILES string of the molecule is CNC(=O)NC(=O)[C@@H](C)N1CCCN(c2ccccc2C#N)CC1. The molecule has 1 heterocycles. The standard InChI is InChI=1S/C17H23N5O2/c1-13(16(23)20-17(24)19-2)21-8-5-9-22(11-10-21)15-7-4-3-6-14(15)12-18/h3-4,6-7,13H,5,8-11H2,1-2H3,(H2,19,20,23,24)/t13-/m1/s1. The lowest BCUT2D eigenvalue weighted by Gasteiger charge is -2.27. The molecule has 1 fully saturated rings. The molecule has 0 unspecified atom stereocenters. The van der Waals surface area contributed by atoms with Crippen molar-refractivity contribution in [3.63, 3.8) is 0 Å². The van der Waals surface area contributed by atoms with Gasteiger partial charge in [-0.05, 0) is 25.5 Å². The number of nitrogens with one attached hydrogen (secondary N) is 2. The van der Waals surface area contributed by atoms with E-state index in [1.54, 1.807) is 6.92 Å². The first-order valence-electron chi connectivity index (χ1n) is 8.07. The van der Waals surface area contributed by atoms with Crippen molar-refractivity contribution in [2.45, 2.75) is 19.4 Å². The van der Waals surface area contributed by atoms with Crippen molar-refractivity contribution in [2.75, 3.05) is 38.1 Å². The first-order valence-corrected chi connectivity index (χ1v) is 8.07. The Morgan fingerprint density at radius 3 is 2.67 bits per heavy atom. The van der Waals surface area contributed by atoms with Gasteiger partial charge < -0.3 is 10.2 Å². The van der Waals surface area contributed by atoms with Gasteiger partial charge in [0.2, 0.25) is 5.91 Å². The maximum atomic E-state index is 12.1. The van der Waals surface area contributed by atoms with Crippen LogP contribution in [0.5, 0.6) is 0 Å². The number of imide groups is 1. The van der Waals surface area contributed by atoms with Crippen LogP contribution in [-0.4, -0.2) is 56.1 Å². The Kier molecular flexibility index (Phi) is 6.15. The molecule has 2 N–H and O–H groups in total. The Morgan fingerprint density at radius 1 is 1.21 bits per heavy atom. The fourth-order valence-electron chi connectivity index (χ4n) is 2.85. The van der Waals surface area contributed by atoms with Gasteiger partial charge in [-0.2, -0.15) is 5.26 Å². The number of carbonyl (C=O) groups is 2. The summed E-state index contributed by atoms with van der Waals surface area (Å²) in [6, 6.07) is 8.91. The Morgan fingerprint density at radius 2 is 1.96 bits per heavy atom. The van der Waals surface area contributed by atoms with Crippen molar-refractivity contribution >= 4 is 17.6 Å². The summed E-state index contributed by atoms with van der Waals surface area (Å²) in [6.45, 7) is 4.84. The second-order valence-electron chi connectivity index (χ2n) is 5.75. The van der Waals surface area contributed by atoms with Gasteiger partial charge in [0.25, 0.3) is 0 Å². The highest BCUT2D eigenvalue weighted by Gasteiger charge is 2.25. The normalized spacial score (nSPS) is 16.6. The van der Waals surface area contributed by atoms with Gasteiger partial charge >= 0.3 is 6.03 Å². The van der Waals surface area contributed by atoms with E-state index in [0.717, 1.165) is 31.7 Å². The van der Waals surface area contributed by atoms with Gasteiger partial charge in [-0.1, -0.05) is 12.1 Å². The molecule has 0 bridgehead atoms. The molecule has 0 aliphatic carbocycles. The van der Waals surface area contributed by atoms with Crippen LogP contribution in [-0.2, 0) is 4.79 Å². The predicted octanol–water partition coefficient (Wildman–Crippen LogP) is 0.914. The lowest BCUT2D eigenvalue weighted by molar-refractivity contribution is -0.124. The molecule has 128 valence electrons. The molecule has 1 saturated heterocycles. The highest BCUT2D eigenvalue weighted by molar-refractivity contribution is 5.96. The molecule has 0 radical (unpaired) electrons. The third-order valence-corrected chi connectivity index (χ3v) is 4.29. The monoisotopic (exact) mass is 329 g/mol. The molecule has 0 saturated carbocycles. The molecule has 24 heavy (non-hydrogen) atoms. The number of hydrogen-bond acceptors (Lipinski definition) is 5. The molecule has 3 amide bonds. The number of benzene rings is 1. The minimum atomic E-state index is -0.494. The number of rotatable bonds is 3. The number of nitrogens with zero attached hydrogens (tertiary/aromatic N) is 3. The van der Waals surface area contributed by atoms with Crippen LogP contribution in [0.15, 0.2) is 24.3 Å². The van der Waals surface area contributed by atoms with Gasteiger partial charge in [-0.15, -0.1) is 0 Å². The number of urea groups is 1. The van der Waals surface area contributed by atoms with Crippen molar-refractivity contribution < 1.29 is 9.59 Å². The van der Waals surface area contributed by atoms with Gasteiger partial charge in [0.1, 0.15) is 6.07 Å². The highest BCUT2D eigenvalue weighted by Crippen LogP contribution is 2.21. The molecule has 1 aliphatic rings. The molecule has 0 aromatic heterocycles. The summed E-state index contributed by atoms with van der Waals surface area (Å²) < 4.78 is 0. The van der Waals surface area contributed by atoms with Crippen LogP contribution in [0.3, 0.4) is 0 Å². The van der Waals surface area contributed by atoms with E-state index in [1.165, 1.54) is 7.05 Å². The molecular formula is C17H23N5O2. The van der Waals surface area contributed by atoms with Crippen molar-refractivity contribution in [1.29, 1.82) is 5.26 Å². The van der Waals surface area contributed by atoms with Crippen LogP contribution in [0, 0.1) is 11.3 Å². The van der Waals surface area contributed by atoms with Gasteiger partial charge in [0, 0.05) is 33.2 Å². The van der Waals surface area contributed by atoms with Crippen molar-refractivity contribution in [3.8, 4) is 6.07 Å². The topological polar surface area (TPSA) is 88.5 Å². The first kappa shape index (κ1) is 17.8. The summed E-state index contributed by atoms with van der Waals surface area (Å²) in [5.41, 5.74) is 1.60. The molecule has 7 heteroatoms. The van der Waals surface area contributed by atoms with E-state index in [9.17, 15) is 14.9 Å². The Labute approximate surface area is 142 Å². The van der Waals surface area contributed by atoms with Gasteiger partial charge in [0.05, 0.1) is 17.3 Å². The number of hydrogen-bond donors (Lipinski definition) is 2. The summed E-state index contributed by atoms with van der Waals surface area (Å²) in [6.07, 6.45) is 0.886. The zero-order chi connectivity index (χ0) is 17.5. The number of nitriles is 1. The van der Waals surface area contributed by atoms with Crippen LogP contribution in [0.4, 0.5) is 10.5 Å². The van der Waals surface area contributed by atoms with Gasteiger partial charge in [-0.3, -0.25) is 15.0 Å². The third kappa shape index (κ3) is 4.24. The first-order chi connectivity index (χ1) is 11.6. The molecule has 2 rings (SSSR count). The van der Waals surface area contributed by atoms with Crippen LogP contribution in [0.25, 0.3) is 0 Å². The molecule has 7 nitrogen and oxygen atoms in total. The average Bonchev–Trinajstić information content (AvgIpc) is 2.86. The van der Waals surface area contributed by atoms with Crippen LogP contribution in [0.2, 0.25) is 0 Å². The largest absolute Gasteiger partial charge is 0.369 e. The molecule has 0 spiro atoms.